The van der Waals surface area contributed by atoms with Gasteiger partial charge in [0, 0.05) is 48.0 Å². The molecular weight excluding hydrogens is 486 g/mol. The Labute approximate surface area is 223 Å². The van der Waals surface area contributed by atoms with Gasteiger partial charge in [0.05, 0.1) is 0 Å². The molecule has 0 radical (unpaired) electrons. The van der Waals surface area contributed by atoms with Gasteiger partial charge in [0.1, 0.15) is 10.8 Å². The molecular formula is C29H32ClN5O2. The third-order valence-electron chi connectivity index (χ3n) is 5.82. The summed E-state index contributed by atoms with van der Waals surface area (Å²) in [6.07, 6.45) is 6.09. The van der Waals surface area contributed by atoms with Crippen LogP contribution in [0, 0.1) is 17.8 Å². The highest BCUT2D eigenvalue weighted by Gasteiger charge is 2.16. The smallest absolute Gasteiger partial charge is 0.323 e. The standard InChI is InChI=1S/C29H32ClN5O2/c1-4-16-35(17-13-21(3)5-2)28(36)23-8-6-7-22(18-23)9-10-24-19-25(11-14-31-24)33-29(37)34-26-12-15-32-27(30)20-26/h6-8,11-12,14-15,18-21H,4-5,13,16-17H2,1-3H3,(H2,31,32,33,34,37). The molecule has 0 spiro atoms. The maximum absolute atomic E-state index is 13.2. The van der Waals surface area contributed by atoms with Gasteiger partial charge in [0.15, 0.2) is 0 Å². The van der Waals surface area contributed by atoms with E-state index in [1.807, 2.05) is 29.2 Å². The van der Waals surface area contributed by atoms with Gasteiger partial charge in [-0.25, -0.2) is 14.8 Å². The van der Waals surface area contributed by atoms with Crippen molar-refractivity contribution in [2.45, 2.75) is 40.0 Å². The Balaban J connectivity index is 1.68. The molecule has 0 aliphatic rings. The lowest BCUT2D eigenvalue weighted by Crippen LogP contribution is -2.33. The molecule has 2 N–H and O–H groups in total. The highest BCUT2D eigenvalue weighted by Crippen LogP contribution is 2.15. The van der Waals surface area contributed by atoms with Crippen molar-refractivity contribution in [1.82, 2.24) is 14.9 Å². The van der Waals surface area contributed by atoms with Gasteiger partial charge in [0.2, 0.25) is 0 Å². The first-order chi connectivity index (χ1) is 17.9. The minimum atomic E-state index is -0.427. The van der Waals surface area contributed by atoms with E-state index in [2.05, 4.69) is 53.2 Å². The van der Waals surface area contributed by atoms with Crippen LogP contribution in [0.1, 0.15) is 61.6 Å². The maximum Gasteiger partial charge on any atom is 0.323 e. The van der Waals surface area contributed by atoms with Crippen LogP contribution in [0.2, 0.25) is 5.15 Å². The third kappa shape index (κ3) is 8.93. The lowest BCUT2D eigenvalue weighted by Gasteiger charge is -2.23. The first-order valence-corrected chi connectivity index (χ1v) is 12.8. The molecule has 37 heavy (non-hydrogen) atoms. The molecule has 2 aromatic heterocycles. The summed E-state index contributed by atoms with van der Waals surface area (Å²) in [5.74, 6) is 6.71. The summed E-state index contributed by atoms with van der Waals surface area (Å²) in [4.78, 5) is 35.6. The highest BCUT2D eigenvalue weighted by molar-refractivity contribution is 6.29. The molecule has 0 aliphatic carbocycles. The number of urea groups is 1. The Morgan fingerprint density at radius 1 is 0.973 bits per heavy atom. The molecule has 7 nitrogen and oxygen atoms in total. The zero-order valence-electron chi connectivity index (χ0n) is 21.4. The van der Waals surface area contributed by atoms with Crippen molar-refractivity contribution in [3.05, 3.63) is 82.9 Å². The molecule has 1 aromatic carbocycles. The van der Waals surface area contributed by atoms with Crippen LogP contribution in [-0.4, -0.2) is 39.9 Å². The summed E-state index contributed by atoms with van der Waals surface area (Å²) < 4.78 is 0. The normalized spacial score (nSPS) is 11.1. The van der Waals surface area contributed by atoms with E-state index in [1.54, 1.807) is 30.5 Å². The fraction of sp³-hybridized carbons (Fsp3) is 0.310. The van der Waals surface area contributed by atoms with Crippen molar-refractivity contribution in [3.8, 4) is 11.8 Å². The first kappa shape index (κ1) is 27.7. The molecule has 0 saturated heterocycles. The summed E-state index contributed by atoms with van der Waals surface area (Å²) >= 11 is 5.85. The van der Waals surface area contributed by atoms with Crippen LogP contribution < -0.4 is 10.6 Å². The van der Waals surface area contributed by atoms with E-state index in [4.69, 9.17) is 11.6 Å². The lowest BCUT2D eigenvalue weighted by molar-refractivity contribution is 0.0746. The van der Waals surface area contributed by atoms with Gasteiger partial charge in [-0.3, -0.25) is 4.79 Å². The number of nitrogens with zero attached hydrogens (tertiary/aromatic N) is 3. The average Bonchev–Trinajstić information content (AvgIpc) is 2.89. The predicted octanol–water partition coefficient (Wildman–Crippen LogP) is 6.46. The Morgan fingerprint density at radius 2 is 1.70 bits per heavy atom. The van der Waals surface area contributed by atoms with Gasteiger partial charge in [-0.05, 0) is 67.1 Å². The quantitative estimate of drug-likeness (QED) is 0.252. The molecule has 3 amide bonds. The average molecular weight is 518 g/mol. The van der Waals surface area contributed by atoms with Crippen LogP contribution in [0.3, 0.4) is 0 Å². The summed E-state index contributed by atoms with van der Waals surface area (Å²) in [6.45, 7) is 7.96. The van der Waals surface area contributed by atoms with Gasteiger partial charge < -0.3 is 15.5 Å². The van der Waals surface area contributed by atoms with Crippen LogP contribution >= 0.6 is 11.6 Å². The molecule has 8 heteroatoms. The van der Waals surface area contributed by atoms with Crippen molar-refractivity contribution in [2.75, 3.05) is 23.7 Å². The number of amides is 3. The lowest BCUT2D eigenvalue weighted by atomic mass is 10.0. The molecule has 192 valence electrons. The van der Waals surface area contributed by atoms with E-state index >= 15 is 0 Å². The van der Waals surface area contributed by atoms with Crippen molar-refractivity contribution in [2.24, 2.45) is 5.92 Å². The number of rotatable bonds is 9. The molecule has 1 atom stereocenters. The monoisotopic (exact) mass is 517 g/mol. The number of halogens is 1. The summed E-state index contributed by atoms with van der Waals surface area (Å²) in [5.41, 5.74) is 2.90. The largest absolute Gasteiger partial charge is 0.339 e. The number of hydrogen-bond donors (Lipinski definition) is 2. The number of pyridine rings is 2. The van der Waals surface area contributed by atoms with Crippen molar-refractivity contribution in [3.63, 3.8) is 0 Å². The summed E-state index contributed by atoms with van der Waals surface area (Å²) in [7, 11) is 0. The minimum Gasteiger partial charge on any atom is -0.339 e. The fourth-order valence-corrected chi connectivity index (χ4v) is 3.74. The van der Waals surface area contributed by atoms with E-state index in [-0.39, 0.29) is 11.1 Å². The van der Waals surface area contributed by atoms with E-state index in [0.717, 1.165) is 37.9 Å². The minimum absolute atomic E-state index is 0.0274. The number of benzene rings is 1. The molecule has 2 heterocycles. The van der Waals surface area contributed by atoms with Gasteiger partial charge >= 0.3 is 6.03 Å². The topological polar surface area (TPSA) is 87.2 Å². The molecule has 1 unspecified atom stereocenters. The molecule has 0 saturated carbocycles. The van der Waals surface area contributed by atoms with E-state index in [9.17, 15) is 9.59 Å². The van der Waals surface area contributed by atoms with Crippen LogP contribution in [0.25, 0.3) is 0 Å². The number of carbonyl (C=O) groups is 2. The van der Waals surface area contributed by atoms with Crippen LogP contribution in [-0.2, 0) is 0 Å². The van der Waals surface area contributed by atoms with Crippen LogP contribution in [0.15, 0.2) is 60.9 Å². The highest BCUT2D eigenvalue weighted by atomic mass is 35.5. The van der Waals surface area contributed by atoms with E-state index in [0.29, 0.717) is 28.6 Å². The summed E-state index contributed by atoms with van der Waals surface area (Å²) in [5, 5.41) is 5.73. The van der Waals surface area contributed by atoms with Crippen LogP contribution in [0.4, 0.5) is 16.2 Å². The van der Waals surface area contributed by atoms with E-state index < -0.39 is 6.03 Å². The number of carbonyl (C=O) groups excluding carboxylic acids is 2. The van der Waals surface area contributed by atoms with Gasteiger partial charge in [0.25, 0.3) is 5.91 Å². The second-order valence-corrected chi connectivity index (χ2v) is 9.19. The second kappa shape index (κ2) is 14.0. The molecule has 0 fully saturated rings. The van der Waals surface area contributed by atoms with Crippen molar-refractivity contribution < 1.29 is 9.59 Å². The van der Waals surface area contributed by atoms with Gasteiger partial charge in [-0.1, -0.05) is 50.8 Å². The first-order valence-electron chi connectivity index (χ1n) is 12.4. The van der Waals surface area contributed by atoms with Gasteiger partial charge in [-0.2, -0.15) is 0 Å². The number of hydrogen-bond acceptors (Lipinski definition) is 4. The Kier molecular flexibility index (Phi) is 10.5. The summed E-state index contributed by atoms with van der Waals surface area (Å²) in [6, 6.07) is 13.5. The number of aromatic nitrogens is 2. The third-order valence-corrected chi connectivity index (χ3v) is 6.02. The van der Waals surface area contributed by atoms with Crippen molar-refractivity contribution in [1.29, 1.82) is 0 Å². The predicted molar refractivity (Wildman–Crippen MR) is 149 cm³/mol. The van der Waals surface area contributed by atoms with Crippen LogP contribution in [0.5, 0.6) is 0 Å². The molecule has 0 bridgehead atoms. The fourth-order valence-electron chi connectivity index (χ4n) is 3.56. The molecule has 3 rings (SSSR count). The SMILES string of the molecule is CCCN(CCC(C)CC)C(=O)c1cccc(C#Cc2cc(NC(=O)Nc3ccnc(Cl)c3)ccn2)c1. The number of nitrogens with one attached hydrogen (secondary N) is 2. The van der Waals surface area contributed by atoms with E-state index in [1.165, 1.54) is 6.20 Å². The number of anilines is 2. The second-order valence-electron chi connectivity index (χ2n) is 8.80. The van der Waals surface area contributed by atoms with Gasteiger partial charge in [-0.15, -0.1) is 0 Å². The Morgan fingerprint density at radius 3 is 2.41 bits per heavy atom. The Hall–Kier alpha value is -3.89. The maximum atomic E-state index is 13.2. The zero-order valence-corrected chi connectivity index (χ0v) is 22.2. The molecule has 0 aliphatic heterocycles. The molecule has 3 aromatic rings. The Bertz CT molecular complexity index is 1280. The zero-order chi connectivity index (χ0) is 26.6. The van der Waals surface area contributed by atoms with Crippen molar-refractivity contribution >= 4 is 34.9 Å².